The summed E-state index contributed by atoms with van der Waals surface area (Å²) in [5.41, 5.74) is 8.00. The smallest absolute Gasteiger partial charge is 0.181 e. The second kappa shape index (κ2) is 3.12. The van der Waals surface area contributed by atoms with Gasteiger partial charge in [-0.1, -0.05) is 6.07 Å². The zero-order valence-corrected chi connectivity index (χ0v) is 8.82. The van der Waals surface area contributed by atoms with Crippen LogP contribution in [0.2, 0.25) is 0 Å². The Bertz CT molecular complexity index is 433. The van der Waals surface area contributed by atoms with E-state index >= 15 is 0 Å². The summed E-state index contributed by atoms with van der Waals surface area (Å²) in [5.74, 6) is 0. The maximum absolute atomic E-state index is 5.83. The van der Waals surface area contributed by atoms with E-state index < -0.39 is 0 Å². The molecule has 0 spiro atoms. The van der Waals surface area contributed by atoms with Crippen LogP contribution in [0.25, 0.3) is 5.52 Å². The van der Waals surface area contributed by atoms with E-state index in [9.17, 15) is 0 Å². The molecule has 0 bridgehead atoms. The maximum atomic E-state index is 5.83. The molecule has 0 radical (unpaired) electrons. The lowest BCUT2D eigenvalue weighted by Gasteiger charge is -2.07. The SMILES string of the molecule is CC(N)c1cccn2c(Br)ncc12. The molecule has 3 nitrogen and oxygen atoms in total. The third kappa shape index (κ3) is 1.36. The summed E-state index contributed by atoms with van der Waals surface area (Å²) >= 11 is 3.36. The Morgan fingerprint density at radius 1 is 1.62 bits per heavy atom. The van der Waals surface area contributed by atoms with Crippen molar-refractivity contribution in [1.82, 2.24) is 9.38 Å². The lowest BCUT2D eigenvalue weighted by Crippen LogP contribution is -2.06. The highest BCUT2D eigenvalue weighted by atomic mass is 79.9. The molecule has 0 amide bonds. The molecule has 1 atom stereocenters. The Labute approximate surface area is 84.7 Å². The van der Waals surface area contributed by atoms with Crippen LogP contribution in [0.5, 0.6) is 0 Å². The Hall–Kier alpha value is -0.870. The molecule has 2 aromatic rings. The van der Waals surface area contributed by atoms with Crippen molar-refractivity contribution < 1.29 is 0 Å². The second-order valence-corrected chi connectivity index (χ2v) is 3.74. The van der Waals surface area contributed by atoms with Crippen molar-refractivity contribution in [2.24, 2.45) is 5.73 Å². The summed E-state index contributed by atoms with van der Waals surface area (Å²) in [6.07, 6.45) is 3.78. The average Bonchev–Trinajstić information content (AvgIpc) is 2.48. The summed E-state index contributed by atoms with van der Waals surface area (Å²) in [4.78, 5) is 4.16. The van der Waals surface area contributed by atoms with Crippen LogP contribution in [0.3, 0.4) is 0 Å². The molecule has 0 saturated carbocycles. The van der Waals surface area contributed by atoms with Gasteiger partial charge in [-0.25, -0.2) is 4.98 Å². The van der Waals surface area contributed by atoms with E-state index in [4.69, 9.17) is 5.73 Å². The van der Waals surface area contributed by atoms with Gasteiger partial charge in [-0.2, -0.15) is 0 Å². The van der Waals surface area contributed by atoms with E-state index in [1.807, 2.05) is 35.9 Å². The van der Waals surface area contributed by atoms with E-state index in [2.05, 4.69) is 20.9 Å². The highest BCUT2D eigenvalue weighted by molar-refractivity contribution is 9.10. The van der Waals surface area contributed by atoms with Crippen LogP contribution in [-0.2, 0) is 0 Å². The van der Waals surface area contributed by atoms with E-state index in [0.29, 0.717) is 0 Å². The first-order valence-corrected chi connectivity index (χ1v) is 4.86. The van der Waals surface area contributed by atoms with E-state index in [0.717, 1.165) is 15.8 Å². The summed E-state index contributed by atoms with van der Waals surface area (Å²) in [7, 11) is 0. The standard InChI is InChI=1S/C9H10BrN3/c1-6(11)7-3-2-4-13-8(7)5-12-9(13)10/h2-6H,11H2,1H3. The first kappa shape index (κ1) is 8.72. The van der Waals surface area contributed by atoms with E-state index in [1.54, 1.807) is 0 Å². The largest absolute Gasteiger partial charge is 0.324 e. The average molecular weight is 240 g/mol. The van der Waals surface area contributed by atoms with Gasteiger partial charge in [-0.05, 0) is 34.5 Å². The summed E-state index contributed by atoms with van der Waals surface area (Å²) in [5, 5.41) is 0. The van der Waals surface area contributed by atoms with Crippen LogP contribution in [0, 0.1) is 0 Å². The summed E-state index contributed by atoms with van der Waals surface area (Å²) < 4.78 is 2.78. The minimum Gasteiger partial charge on any atom is -0.324 e. The van der Waals surface area contributed by atoms with Crippen LogP contribution in [-0.4, -0.2) is 9.38 Å². The lowest BCUT2D eigenvalue weighted by molar-refractivity contribution is 0.819. The molecule has 4 heteroatoms. The molecule has 13 heavy (non-hydrogen) atoms. The number of imidazole rings is 1. The van der Waals surface area contributed by atoms with Gasteiger partial charge in [0.1, 0.15) is 0 Å². The monoisotopic (exact) mass is 239 g/mol. The lowest BCUT2D eigenvalue weighted by atomic mass is 10.1. The molecule has 0 fully saturated rings. The number of rotatable bonds is 1. The number of aromatic nitrogens is 2. The topological polar surface area (TPSA) is 43.3 Å². The fourth-order valence-electron chi connectivity index (χ4n) is 1.40. The molecule has 2 N–H and O–H groups in total. The summed E-state index contributed by atoms with van der Waals surface area (Å²) in [6.45, 7) is 1.97. The van der Waals surface area contributed by atoms with Crippen LogP contribution >= 0.6 is 15.9 Å². The molecule has 1 unspecified atom stereocenters. The van der Waals surface area contributed by atoms with Crippen LogP contribution < -0.4 is 5.73 Å². The molecule has 0 aliphatic carbocycles. The number of hydrogen-bond acceptors (Lipinski definition) is 2. The Morgan fingerprint density at radius 3 is 3.08 bits per heavy atom. The molecule has 2 aromatic heterocycles. The highest BCUT2D eigenvalue weighted by Crippen LogP contribution is 2.20. The zero-order valence-electron chi connectivity index (χ0n) is 7.24. The fourth-order valence-corrected chi connectivity index (χ4v) is 1.81. The molecule has 0 aliphatic rings. The Morgan fingerprint density at radius 2 is 2.38 bits per heavy atom. The molecule has 0 saturated heterocycles. The predicted octanol–water partition coefficient (Wildman–Crippen LogP) is 2.12. The van der Waals surface area contributed by atoms with Gasteiger partial charge in [-0.3, -0.25) is 4.40 Å². The molecular weight excluding hydrogens is 230 g/mol. The van der Waals surface area contributed by atoms with Crippen LogP contribution in [0.4, 0.5) is 0 Å². The third-order valence-corrected chi connectivity index (χ3v) is 2.64. The highest BCUT2D eigenvalue weighted by Gasteiger charge is 2.07. The second-order valence-electron chi connectivity index (χ2n) is 3.03. The van der Waals surface area contributed by atoms with Crippen molar-refractivity contribution in [3.05, 3.63) is 34.8 Å². The molecule has 2 rings (SSSR count). The molecule has 68 valence electrons. The van der Waals surface area contributed by atoms with E-state index in [1.165, 1.54) is 0 Å². The number of nitrogens with zero attached hydrogens (tertiary/aromatic N) is 2. The van der Waals surface area contributed by atoms with Crippen LogP contribution in [0.1, 0.15) is 18.5 Å². The molecule has 0 aliphatic heterocycles. The maximum Gasteiger partial charge on any atom is 0.181 e. The van der Waals surface area contributed by atoms with Gasteiger partial charge >= 0.3 is 0 Å². The third-order valence-electron chi connectivity index (χ3n) is 2.05. The number of pyridine rings is 1. The quantitative estimate of drug-likeness (QED) is 0.829. The summed E-state index contributed by atoms with van der Waals surface area (Å²) in [6, 6.07) is 4.03. The fraction of sp³-hybridized carbons (Fsp3) is 0.222. The Kier molecular flexibility index (Phi) is 2.09. The normalized spacial score (nSPS) is 13.5. The minimum absolute atomic E-state index is 0.0345. The predicted molar refractivity (Wildman–Crippen MR) is 55.5 cm³/mol. The van der Waals surface area contributed by atoms with Gasteiger partial charge in [0.25, 0.3) is 0 Å². The first-order chi connectivity index (χ1) is 6.20. The Balaban J connectivity index is 2.77. The van der Waals surface area contributed by atoms with Gasteiger partial charge < -0.3 is 5.73 Å². The van der Waals surface area contributed by atoms with Crippen molar-refractivity contribution in [2.75, 3.05) is 0 Å². The van der Waals surface area contributed by atoms with Crippen molar-refractivity contribution in [1.29, 1.82) is 0 Å². The van der Waals surface area contributed by atoms with E-state index in [-0.39, 0.29) is 6.04 Å². The van der Waals surface area contributed by atoms with Crippen molar-refractivity contribution in [3.63, 3.8) is 0 Å². The van der Waals surface area contributed by atoms with Gasteiger partial charge in [0.05, 0.1) is 11.7 Å². The van der Waals surface area contributed by atoms with Crippen molar-refractivity contribution in [2.45, 2.75) is 13.0 Å². The van der Waals surface area contributed by atoms with Gasteiger partial charge in [0.15, 0.2) is 4.73 Å². The number of hydrogen-bond donors (Lipinski definition) is 1. The zero-order chi connectivity index (χ0) is 9.42. The van der Waals surface area contributed by atoms with Crippen molar-refractivity contribution >= 4 is 21.4 Å². The van der Waals surface area contributed by atoms with Crippen molar-refractivity contribution in [3.8, 4) is 0 Å². The van der Waals surface area contributed by atoms with Gasteiger partial charge in [0.2, 0.25) is 0 Å². The minimum atomic E-state index is 0.0345. The number of nitrogens with two attached hydrogens (primary N) is 1. The first-order valence-electron chi connectivity index (χ1n) is 4.07. The molecular formula is C9H10BrN3. The van der Waals surface area contributed by atoms with Gasteiger partial charge in [0, 0.05) is 12.2 Å². The van der Waals surface area contributed by atoms with Crippen LogP contribution in [0.15, 0.2) is 29.3 Å². The number of fused-ring (bicyclic) bond motifs is 1. The number of halogens is 1. The molecule has 0 aromatic carbocycles. The van der Waals surface area contributed by atoms with Gasteiger partial charge in [-0.15, -0.1) is 0 Å². The molecule has 2 heterocycles.